The summed E-state index contributed by atoms with van der Waals surface area (Å²) in [4.78, 5) is 24.4. The number of esters is 1. The van der Waals surface area contributed by atoms with Gasteiger partial charge in [-0.1, -0.05) is 36.4 Å². The summed E-state index contributed by atoms with van der Waals surface area (Å²) in [6.07, 6.45) is 0. The minimum absolute atomic E-state index is 0.260. The molecule has 0 saturated heterocycles. The van der Waals surface area contributed by atoms with E-state index in [-0.39, 0.29) is 12.5 Å². The van der Waals surface area contributed by atoms with Gasteiger partial charge < -0.3 is 10.1 Å². The number of thioether (sulfide) groups is 1. The van der Waals surface area contributed by atoms with E-state index in [1.54, 1.807) is 36.0 Å². The monoisotopic (exact) mass is 315 g/mol. The third-order valence-electron chi connectivity index (χ3n) is 2.78. The summed E-state index contributed by atoms with van der Waals surface area (Å²) in [5.41, 5.74) is 0.440. The van der Waals surface area contributed by atoms with Crippen molar-refractivity contribution >= 4 is 23.6 Å². The van der Waals surface area contributed by atoms with Crippen LogP contribution in [0.4, 0.5) is 0 Å². The highest BCUT2D eigenvalue weighted by molar-refractivity contribution is 7.99. The maximum atomic E-state index is 11.7. The van der Waals surface area contributed by atoms with Gasteiger partial charge in [-0.15, -0.1) is 11.8 Å². The molecule has 0 unspecified atom stereocenters. The molecule has 0 saturated carbocycles. The van der Waals surface area contributed by atoms with Crippen LogP contribution in [0.3, 0.4) is 0 Å². The SMILES string of the molecule is O=C(COC(=O)c1ccccc1)NCCSc1ccccc1. The summed E-state index contributed by atoms with van der Waals surface area (Å²) in [7, 11) is 0. The number of amides is 1. The molecule has 2 aromatic rings. The van der Waals surface area contributed by atoms with Gasteiger partial charge in [0.15, 0.2) is 6.61 Å². The highest BCUT2D eigenvalue weighted by Crippen LogP contribution is 2.15. The van der Waals surface area contributed by atoms with Crippen LogP contribution < -0.4 is 5.32 Å². The predicted molar refractivity (Wildman–Crippen MR) is 86.9 cm³/mol. The van der Waals surface area contributed by atoms with Crippen LogP contribution in [0.25, 0.3) is 0 Å². The average molecular weight is 315 g/mol. The number of hydrogen-bond acceptors (Lipinski definition) is 4. The fourth-order valence-electron chi connectivity index (χ4n) is 1.72. The van der Waals surface area contributed by atoms with E-state index in [1.165, 1.54) is 0 Å². The van der Waals surface area contributed by atoms with Crippen LogP contribution in [0, 0.1) is 0 Å². The molecule has 0 spiro atoms. The molecule has 1 amide bonds. The smallest absolute Gasteiger partial charge is 0.338 e. The van der Waals surface area contributed by atoms with Crippen LogP contribution in [0.5, 0.6) is 0 Å². The lowest BCUT2D eigenvalue weighted by Crippen LogP contribution is -2.30. The van der Waals surface area contributed by atoms with Crippen molar-refractivity contribution in [1.29, 1.82) is 0 Å². The average Bonchev–Trinajstić information content (AvgIpc) is 2.58. The Balaban J connectivity index is 1.61. The van der Waals surface area contributed by atoms with Crippen LogP contribution >= 0.6 is 11.8 Å². The largest absolute Gasteiger partial charge is 0.452 e. The topological polar surface area (TPSA) is 55.4 Å². The molecular formula is C17H17NO3S. The van der Waals surface area contributed by atoms with Gasteiger partial charge in [-0.25, -0.2) is 4.79 Å². The summed E-state index contributed by atoms with van der Waals surface area (Å²) in [5, 5.41) is 2.72. The number of rotatable bonds is 7. The number of nitrogens with one attached hydrogen (secondary N) is 1. The fourth-order valence-corrected chi connectivity index (χ4v) is 2.51. The molecule has 0 aromatic heterocycles. The molecule has 1 N–H and O–H groups in total. The van der Waals surface area contributed by atoms with Crippen LogP contribution in [0.2, 0.25) is 0 Å². The van der Waals surface area contributed by atoms with Crippen LogP contribution in [0.15, 0.2) is 65.6 Å². The molecule has 0 atom stereocenters. The van der Waals surface area contributed by atoms with Crippen LogP contribution in [-0.4, -0.2) is 30.8 Å². The van der Waals surface area contributed by atoms with Crippen molar-refractivity contribution in [2.75, 3.05) is 18.9 Å². The second-order valence-corrected chi connectivity index (χ2v) is 5.62. The van der Waals surface area contributed by atoms with E-state index in [4.69, 9.17) is 4.74 Å². The molecule has 0 fully saturated rings. The predicted octanol–water partition coefficient (Wildman–Crippen LogP) is 2.75. The molecule has 0 aliphatic carbocycles. The number of ether oxygens (including phenoxy) is 1. The zero-order chi connectivity index (χ0) is 15.6. The molecule has 4 nitrogen and oxygen atoms in total. The summed E-state index contributed by atoms with van der Waals surface area (Å²) in [6, 6.07) is 18.6. The van der Waals surface area contributed by atoms with Crippen molar-refractivity contribution in [3.05, 3.63) is 66.2 Å². The first-order valence-electron chi connectivity index (χ1n) is 6.92. The second-order valence-electron chi connectivity index (χ2n) is 4.45. The molecule has 0 heterocycles. The number of hydrogen-bond donors (Lipinski definition) is 1. The van der Waals surface area contributed by atoms with Gasteiger partial charge in [0.1, 0.15) is 0 Å². The molecule has 0 radical (unpaired) electrons. The third-order valence-corrected chi connectivity index (χ3v) is 3.79. The lowest BCUT2D eigenvalue weighted by Gasteiger charge is -2.06. The van der Waals surface area contributed by atoms with Gasteiger partial charge in [-0.2, -0.15) is 0 Å². The summed E-state index contributed by atoms with van der Waals surface area (Å²) in [6.45, 7) is 0.269. The third kappa shape index (κ3) is 5.61. The van der Waals surface area contributed by atoms with E-state index < -0.39 is 5.97 Å². The molecule has 22 heavy (non-hydrogen) atoms. The molecule has 0 aliphatic rings. The first-order valence-corrected chi connectivity index (χ1v) is 7.91. The minimum atomic E-state index is -0.491. The van der Waals surface area contributed by atoms with Gasteiger partial charge in [0.25, 0.3) is 5.91 Å². The number of benzene rings is 2. The molecule has 2 aromatic carbocycles. The fraction of sp³-hybridized carbons (Fsp3) is 0.176. The highest BCUT2D eigenvalue weighted by atomic mass is 32.2. The van der Waals surface area contributed by atoms with Crippen molar-refractivity contribution in [3.8, 4) is 0 Å². The number of carbonyl (C=O) groups excluding carboxylic acids is 2. The van der Waals surface area contributed by atoms with Gasteiger partial charge in [-0.05, 0) is 24.3 Å². The summed E-state index contributed by atoms with van der Waals surface area (Å²) < 4.78 is 4.95. The molecule has 114 valence electrons. The van der Waals surface area contributed by atoms with Crippen molar-refractivity contribution in [2.45, 2.75) is 4.90 Å². The van der Waals surface area contributed by atoms with Gasteiger partial charge in [0, 0.05) is 17.2 Å². The zero-order valence-corrected chi connectivity index (χ0v) is 12.8. The second kappa shape index (κ2) is 8.89. The van der Waals surface area contributed by atoms with Gasteiger partial charge in [0.2, 0.25) is 0 Å². The van der Waals surface area contributed by atoms with Crippen molar-refractivity contribution in [2.24, 2.45) is 0 Å². The lowest BCUT2D eigenvalue weighted by atomic mass is 10.2. The van der Waals surface area contributed by atoms with Gasteiger partial charge >= 0.3 is 5.97 Å². The Bertz CT molecular complexity index is 602. The van der Waals surface area contributed by atoms with Crippen molar-refractivity contribution in [3.63, 3.8) is 0 Å². The van der Waals surface area contributed by atoms with Crippen LogP contribution in [-0.2, 0) is 9.53 Å². The Morgan fingerprint density at radius 3 is 2.27 bits per heavy atom. The van der Waals surface area contributed by atoms with Crippen molar-refractivity contribution < 1.29 is 14.3 Å². The molecular weight excluding hydrogens is 298 g/mol. The Morgan fingerprint density at radius 2 is 1.59 bits per heavy atom. The van der Waals surface area contributed by atoms with Gasteiger partial charge in [-0.3, -0.25) is 4.79 Å². The van der Waals surface area contributed by atoms with E-state index in [2.05, 4.69) is 5.32 Å². The standard InChI is InChI=1S/C17H17NO3S/c19-16(13-21-17(20)14-7-3-1-4-8-14)18-11-12-22-15-9-5-2-6-10-15/h1-10H,11-13H2,(H,18,19). The first kappa shape index (κ1) is 16.1. The van der Waals surface area contributed by atoms with E-state index >= 15 is 0 Å². The number of carbonyl (C=O) groups is 2. The van der Waals surface area contributed by atoms with Gasteiger partial charge in [0.05, 0.1) is 5.56 Å². The molecule has 0 bridgehead atoms. The normalized spacial score (nSPS) is 10.0. The van der Waals surface area contributed by atoms with E-state index in [0.29, 0.717) is 12.1 Å². The van der Waals surface area contributed by atoms with Crippen molar-refractivity contribution in [1.82, 2.24) is 5.32 Å². The van der Waals surface area contributed by atoms with E-state index in [0.717, 1.165) is 10.6 Å². The maximum absolute atomic E-state index is 11.7. The Labute approximate surface area is 133 Å². The highest BCUT2D eigenvalue weighted by Gasteiger charge is 2.08. The zero-order valence-electron chi connectivity index (χ0n) is 12.0. The molecule has 2 rings (SSSR count). The van der Waals surface area contributed by atoms with E-state index in [1.807, 2.05) is 36.4 Å². The molecule has 0 aliphatic heterocycles. The summed E-state index contributed by atoms with van der Waals surface area (Å²) in [5.74, 6) is -0.0186. The van der Waals surface area contributed by atoms with E-state index in [9.17, 15) is 9.59 Å². The maximum Gasteiger partial charge on any atom is 0.338 e. The first-order chi connectivity index (χ1) is 10.8. The minimum Gasteiger partial charge on any atom is -0.452 e. The Morgan fingerprint density at radius 1 is 0.955 bits per heavy atom. The quantitative estimate of drug-likeness (QED) is 0.485. The molecule has 5 heteroatoms. The summed E-state index contributed by atoms with van der Waals surface area (Å²) >= 11 is 1.66. The van der Waals surface area contributed by atoms with Crippen LogP contribution in [0.1, 0.15) is 10.4 Å². The lowest BCUT2D eigenvalue weighted by molar-refractivity contribution is -0.124. The Kier molecular flexibility index (Phi) is 6.51. The Hall–Kier alpha value is -2.27.